The summed E-state index contributed by atoms with van der Waals surface area (Å²) in [7, 11) is 0. The Labute approximate surface area is 122 Å². The summed E-state index contributed by atoms with van der Waals surface area (Å²) in [5.41, 5.74) is 6.79. The molecular weight excluding hydrogens is 244 g/mol. The molecule has 2 aromatic rings. The van der Waals surface area contributed by atoms with Gasteiger partial charge in [0.05, 0.1) is 0 Å². The Morgan fingerprint density at radius 3 is 1.90 bits per heavy atom. The van der Waals surface area contributed by atoms with E-state index in [-0.39, 0.29) is 0 Å². The highest BCUT2D eigenvalue weighted by atomic mass is 16.3. The number of aromatic hydroxyl groups is 1. The van der Waals surface area contributed by atoms with E-state index in [1.54, 1.807) is 6.07 Å². The van der Waals surface area contributed by atoms with Crippen LogP contribution in [0.25, 0.3) is 0 Å². The number of phenols is 1. The zero-order valence-electron chi connectivity index (χ0n) is 12.7. The minimum atomic E-state index is 0.396. The molecule has 1 heteroatoms. The molecule has 2 rings (SSSR count). The quantitative estimate of drug-likeness (QED) is 0.835. The molecule has 1 N–H and O–H groups in total. The molecule has 20 heavy (non-hydrogen) atoms. The van der Waals surface area contributed by atoms with Crippen molar-refractivity contribution in [3.8, 4) is 5.75 Å². The largest absolute Gasteiger partial charge is 0.508 e. The summed E-state index contributed by atoms with van der Waals surface area (Å²) in [6.45, 7) is 6.68. The molecule has 0 aliphatic carbocycles. The van der Waals surface area contributed by atoms with Crippen LogP contribution in [0.4, 0.5) is 0 Å². The molecule has 0 aliphatic heterocycles. The molecule has 0 fully saturated rings. The first-order chi connectivity index (χ1) is 9.71. The molecule has 0 bridgehead atoms. The van der Waals surface area contributed by atoms with Crippen molar-refractivity contribution in [3.63, 3.8) is 0 Å². The zero-order valence-corrected chi connectivity index (χ0v) is 12.7. The van der Waals surface area contributed by atoms with Gasteiger partial charge in [0.15, 0.2) is 0 Å². The Bertz CT molecular complexity index is 584. The first-order valence-electron chi connectivity index (χ1n) is 7.60. The summed E-state index contributed by atoms with van der Waals surface area (Å²) in [6, 6.07) is 12.1. The van der Waals surface area contributed by atoms with Crippen molar-refractivity contribution in [1.29, 1.82) is 0 Å². The molecule has 0 saturated heterocycles. The van der Waals surface area contributed by atoms with Crippen LogP contribution in [0.1, 0.15) is 48.6 Å². The third-order valence-electron chi connectivity index (χ3n) is 4.09. The molecule has 0 radical (unpaired) electrons. The lowest BCUT2D eigenvalue weighted by Crippen LogP contribution is -2.03. The second kappa shape index (κ2) is 6.60. The smallest absolute Gasteiger partial charge is 0.119 e. The first kappa shape index (κ1) is 14.6. The minimum absolute atomic E-state index is 0.396. The van der Waals surface area contributed by atoms with Crippen molar-refractivity contribution in [3.05, 3.63) is 64.2 Å². The highest BCUT2D eigenvalue weighted by Crippen LogP contribution is 2.26. The van der Waals surface area contributed by atoms with Crippen LogP contribution in [0.2, 0.25) is 0 Å². The normalized spacial score (nSPS) is 10.8. The second-order valence-corrected chi connectivity index (χ2v) is 5.21. The third-order valence-corrected chi connectivity index (χ3v) is 4.09. The summed E-state index contributed by atoms with van der Waals surface area (Å²) in [5, 5.41) is 9.96. The Morgan fingerprint density at radius 1 is 0.700 bits per heavy atom. The van der Waals surface area contributed by atoms with Gasteiger partial charge in [-0.25, -0.2) is 0 Å². The van der Waals surface area contributed by atoms with Gasteiger partial charge in [-0.1, -0.05) is 51.1 Å². The molecular formula is C19H24O. The fourth-order valence-corrected chi connectivity index (χ4v) is 3.03. The van der Waals surface area contributed by atoms with Gasteiger partial charge in [-0.3, -0.25) is 0 Å². The molecule has 0 spiro atoms. The van der Waals surface area contributed by atoms with E-state index in [1.165, 1.54) is 22.3 Å². The van der Waals surface area contributed by atoms with Crippen molar-refractivity contribution in [2.45, 2.75) is 46.5 Å². The number of rotatable bonds is 5. The van der Waals surface area contributed by atoms with Crippen molar-refractivity contribution < 1.29 is 5.11 Å². The maximum Gasteiger partial charge on any atom is 0.119 e. The maximum absolute atomic E-state index is 9.96. The predicted molar refractivity (Wildman–Crippen MR) is 85.5 cm³/mol. The minimum Gasteiger partial charge on any atom is -0.508 e. The van der Waals surface area contributed by atoms with Crippen LogP contribution in [0.15, 0.2) is 36.4 Å². The summed E-state index contributed by atoms with van der Waals surface area (Å²) < 4.78 is 0. The lowest BCUT2D eigenvalue weighted by atomic mass is 9.89. The van der Waals surface area contributed by atoms with Crippen molar-refractivity contribution in [2.24, 2.45) is 0 Å². The summed E-state index contributed by atoms with van der Waals surface area (Å²) >= 11 is 0. The number of benzene rings is 2. The monoisotopic (exact) mass is 268 g/mol. The molecule has 0 unspecified atom stereocenters. The van der Waals surface area contributed by atoms with Gasteiger partial charge in [-0.2, -0.15) is 0 Å². The molecule has 0 amide bonds. The van der Waals surface area contributed by atoms with Crippen LogP contribution in [-0.4, -0.2) is 5.11 Å². The fourth-order valence-electron chi connectivity index (χ4n) is 3.03. The number of hydrogen-bond acceptors (Lipinski definition) is 1. The van der Waals surface area contributed by atoms with Gasteiger partial charge in [0.1, 0.15) is 5.75 Å². The lowest BCUT2D eigenvalue weighted by Gasteiger charge is -2.17. The van der Waals surface area contributed by atoms with E-state index in [1.807, 2.05) is 18.2 Å². The van der Waals surface area contributed by atoms with Crippen molar-refractivity contribution in [2.75, 3.05) is 0 Å². The summed E-state index contributed by atoms with van der Waals surface area (Å²) in [6.07, 6.45) is 4.04. The predicted octanol–water partition coefficient (Wildman–Crippen LogP) is 4.67. The molecule has 0 aromatic heterocycles. The van der Waals surface area contributed by atoms with E-state index < -0.39 is 0 Å². The third kappa shape index (κ3) is 2.87. The standard InChI is InChI=1S/C19H24O/c1-4-14-11-12-15(18(6-3)17(14)5-2)13-16-9-7-8-10-19(16)20/h7-12,20H,4-6,13H2,1-3H3. The van der Waals surface area contributed by atoms with E-state index in [9.17, 15) is 5.11 Å². The Balaban J connectivity index is 2.44. The lowest BCUT2D eigenvalue weighted by molar-refractivity contribution is 0.469. The summed E-state index contributed by atoms with van der Waals surface area (Å²) in [4.78, 5) is 0. The van der Waals surface area contributed by atoms with E-state index in [0.717, 1.165) is 31.2 Å². The van der Waals surface area contributed by atoms with E-state index in [0.29, 0.717) is 5.75 Å². The summed E-state index contributed by atoms with van der Waals surface area (Å²) in [5.74, 6) is 0.396. The van der Waals surface area contributed by atoms with E-state index >= 15 is 0 Å². The second-order valence-electron chi connectivity index (χ2n) is 5.21. The zero-order chi connectivity index (χ0) is 14.5. The Morgan fingerprint density at radius 2 is 1.30 bits per heavy atom. The molecule has 0 saturated carbocycles. The maximum atomic E-state index is 9.96. The van der Waals surface area contributed by atoms with Crippen LogP contribution in [-0.2, 0) is 25.7 Å². The van der Waals surface area contributed by atoms with Crippen molar-refractivity contribution >= 4 is 0 Å². The van der Waals surface area contributed by atoms with Crippen molar-refractivity contribution in [1.82, 2.24) is 0 Å². The van der Waals surface area contributed by atoms with Gasteiger partial charge < -0.3 is 5.11 Å². The number of aryl methyl sites for hydroxylation is 1. The average molecular weight is 268 g/mol. The van der Waals surface area contributed by atoms with Crippen LogP contribution < -0.4 is 0 Å². The van der Waals surface area contributed by atoms with Gasteiger partial charge >= 0.3 is 0 Å². The van der Waals surface area contributed by atoms with Gasteiger partial charge in [-0.05, 0) is 53.1 Å². The van der Waals surface area contributed by atoms with Gasteiger partial charge in [0.2, 0.25) is 0 Å². The Hall–Kier alpha value is -1.76. The van der Waals surface area contributed by atoms with Gasteiger partial charge in [0.25, 0.3) is 0 Å². The van der Waals surface area contributed by atoms with Crippen LogP contribution in [0, 0.1) is 0 Å². The molecule has 1 nitrogen and oxygen atoms in total. The van der Waals surface area contributed by atoms with Gasteiger partial charge in [0, 0.05) is 6.42 Å². The molecule has 2 aromatic carbocycles. The highest BCUT2D eigenvalue weighted by Gasteiger charge is 2.11. The number of para-hydroxylation sites is 1. The SMILES string of the molecule is CCc1ccc(Cc2ccccc2O)c(CC)c1CC. The number of phenolic OH excluding ortho intramolecular Hbond substituents is 1. The fraction of sp³-hybridized carbons (Fsp3) is 0.368. The highest BCUT2D eigenvalue weighted by molar-refractivity contribution is 5.45. The van der Waals surface area contributed by atoms with Crippen LogP contribution >= 0.6 is 0 Å². The van der Waals surface area contributed by atoms with Gasteiger partial charge in [-0.15, -0.1) is 0 Å². The van der Waals surface area contributed by atoms with Crippen LogP contribution in [0.3, 0.4) is 0 Å². The molecule has 0 aliphatic rings. The Kier molecular flexibility index (Phi) is 4.84. The van der Waals surface area contributed by atoms with Crippen LogP contribution in [0.5, 0.6) is 5.75 Å². The molecule has 106 valence electrons. The van der Waals surface area contributed by atoms with E-state index in [4.69, 9.17) is 0 Å². The molecule has 0 atom stereocenters. The molecule has 0 heterocycles. The number of hydrogen-bond donors (Lipinski definition) is 1. The average Bonchev–Trinajstić information content (AvgIpc) is 2.48. The first-order valence-corrected chi connectivity index (χ1v) is 7.60. The topological polar surface area (TPSA) is 20.2 Å². The van der Waals surface area contributed by atoms with E-state index in [2.05, 4.69) is 32.9 Å².